The first kappa shape index (κ1) is 19.4. The average Bonchev–Trinajstić information content (AvgIpc) is 3.21. The van der Waals surface area contributed by atoms with Crippen LogP contribution in [-0.2, 0) is 22.1 Å². The van der Waals surface area contributed by atoms with E-state index in [1.807, 2.05) is 37.3 Å². The summed E-state index contributed by atoms with van der Waals surface area (Å²) in [7, 11) is -1.37. The molecule has 0 saturated carbocycles. The fourth-order valence-electron chi connectivity index (χ4n) is 4.20. The molecule has 0 bridgehead atoms. The van der Waals surface area contributed by atoms with Crippen LogP contribution in [0, 0.1) is 12.7 Å². The second-order valence-corrected chi connectivity index (χ2v) is 8.65. The zero-order valence-corrected chi connectivity index (χ0v) is 17.3. The first-order chi connectivity index (χ1) is 14.9. The number of carboxylic acids is 1. The van der Waals surface area contributed by atoms with Gasteiger partial charge in [-0.3, -0.25) is 9.78 Å². The monoisotopic (exact) mass is 432 g/mol. The summed E-state index contributed by atoms with van der Waals surface area (Å²) in [6, 6.07) is 13.9. The zero-order valence-electron chi connectivity index (χ0n) is 16.5. The summed E-state index contributed by atoms with van der Waals surface area (Å²) in [4.78, 5) is 16.1. The Kier molecular flexibility index (Phi) is 4.55. The number of nitrogens with zero attached hydrogens (tertiary/aromatic N) is 2. The smallest absolute Gasteiger partial charge is 0.323 e. The van der Waals surface area contributed by atoms with E-state index in [1.54, 1.807) is 28.4 Å². The number of aromatic nitrogens is 2. The van der Waals surface area contributed by atoms with Gasteiger partial charge < -0.3 is 9.67 Å². The molecule has 1 N–H and O–H groups in total. The van der Waals surface area contributed by atoms with E-state index in [0.717, 1.165) is 22.3 Å². The lowest BCUT2D eigenvalue weighted by atomic mass is 9.95. The van der Waals surface area contributed by atoms with E-state index < -0.39 is 22.6 Å². The van der Waals surface area contributed by atoms with Gasteiger partial charge in [-0.2, -0.15) is 0 Å². The predicted molar refractivity (Wildman–Crippen MR) is 117 cm³/mol. The molecule has 1 aliphatic rings. The van der Waals surface area contributed by atoms with Gasteiger partial charge in [0.15, 0.2) is 0 Å². The van der Waals surface area contributed by atoms with E-state index in [4.69, 9.17) is 0 Å². The molecule has 2 aromatic heterocycles. The zero-order chi connectivity index (χ0) is 21.7. The van der Waals surface area contributed by atoms with Crippen molar-refractivity contribution in [3.8, 4) is 11.1 Å². The van der Waals surface area contributed by atoms with Gasteiger partial charge in [0.2, 0.25) is 0 Å². The van der Waals surface area contributed by atoms with Gasteiger partial charge in [0.25, 0.3) is 0 Å². The molecular formula is C24H17FN2O3S. The highest BCUT2D eigenvalue weighted by atomic mass is 32.2. The lowest BCUT2D eigenvalue weighted by Gasteiger charge is -2.09. The molecule has 0 fully saturated rings. The molecule has 0 saturated heterocycles. The molecule has 0 amide bonds. The van der Waals surface area contributed by atoms with Crippen LogP contribution in [0.1, 0.15) is 16.8 Å². The second-order valence-electron chi connectivity index (χ2n) is 7.38. The number of fused-ring (bicyclic) bond motifs is 2. The minimum atomic E-state index is -1.37. The summed E-state index contributed by atoms with van der Waals surface area (Å²) >= 11 is 0. The average molecular weight is 432 g/mol. The van der Waals surface area contributed by atoms with Gasteiger partial charge in [0, 0.05) is 45.5 Å². The molecule has 7 heteroatoms. The van der Waals surface area contributed by atoms with Crippen LogP contribution in [0.2, 0.25) is 0 Å². The Morgan fingerprint density at radius 1 is 1.10 bits per heavy atom. The molecule has 0 radical (unpaired) electrons. The quantitative estimate of drug-likeness (QED) is 0.505. The van der Waals surface area contributed by atoms with Crippen molar-refractivity contribution in [3.05, 3.63) is 89.0 Å². The van der Waals surface area contributed by atoms with Gasteiger partial charge in [0.05, 0.1) is 15.7 Å². The summed E-state index contributed by atoms with van der Waals surface area (Å²) in [6.07, 6.45) is 3.41. The molecule has 154 valence electrons. The van der Waals surface area contributed by atoms with Crippen LogP contribution >= 0.6 is 0 Å². The summed E-state index contributed by atoms with van der Waals surface area (Å²) in [6.45, 7) is 1.57. The number of carboxylic acid groups (broad SMARTS) is 1. The van der Waals surface area contributed by atoms with Crippen LogP contribution in [-0.4, -0.2) is 24.8 Å². The predicted octanol–water partition coefficient (Wildman–Crippen LogP) is 4.75. The number of rotatable bonds is 4. The third-order valence-electron chi connectivity index (χ3n) is 5.58. The Balaban J connectivity index is 1.70. The van der Waals surface area contributed by atoms with Crippen LogP contribution in [0.15, 0.2) is 71.2 Å². The van der Waals surface area contributed by atoms with Crippen molar-refractivity contribution < 1.29 is 18.5 Å². The number of halogens is 1. The Hall–Kier alpha value is -3.58. The summed E-state index contributed by atoms with van der Waals surface area (Å²) in [5, 5.41) is 11.6. The van der Waals surface area contributed by atoms with Gasteiger partial charge in [-0.25, -0.2) is 8.60 Å². The number of hydrogen-bond acceptors (Lipinski definition) is 3. The number of hydrogen-bond donors (Lipinski definition) is 1. The SMILES string of the molecule is Cc1c(C2=CS(=O)c3cc(-c4ccncc4)ccc32)c2cc(F)ccc2n1CC(=O)O. The maximum Gasteiger partial charge on any atom is 0.323 e. The van der Waals surface area contributed by atoms with Gasteiger partial charge in [0.1, 0.15) is 12.4 Å². The summed E-state index contributed by atoms with van der Waals surface area (Å²) in [5.41, 5.74) is 5.46. The molecule has 0 spiro atoms. The van der Waals surface area contributed by atoms with Gasteiger partial charge >= 0.3 is 5.97 Å². The lowest BCUT2D eigenvalue weighted by molar-refractivity contribution is -0.137. The Morgan fingerprint density at radius 2 is 1.87 bits per heavy atom. The van der Waals surface area contributed by atoms with Crippen molar-refractivity contribution in [2.24, 2.45) is 0 Å². The highest BCUT2D eigenvalue weighted by molar-refractivity contribution is 7.88. The van der Waals surface area contributed by atoms with Crippen LogP contribution in [0.3, 0.4) is 0 Å². The molecule has 1 aliphatic heterocycles. The Bertz CT molecular complexity index is 1420. The molecule has 0 aliphatic carbocycles. The van der Waals surface area contributed by atoms with Gasteiger partial charge in [-0.05, 0) is 60.0 Å². The van der Waals surface area contributed by atoms with Crippen molar-refractivity contribution in [2.45, 2.75) is 18.4 Å². The largest absolute Gasteiger partial charge is 0.480 e. The molecule has 1 atom stereocenters. The molecule has 5 nitrogen and oxygen atoms in total. The fourth-order valence-corrected chi connectivity index (χ4v) is 5.42. The van der Waals surface area contributed by atoms with Crippen LogP contribution in [0.5, 0.6) is 0 Å². The summed E-state index contributed by atoms with van der Waals surface area (Å²) < 4.78 is 28.7. The first-order valence-corrected chi connectivity index (χ1v) is 10.8. The third kappa shape index (κ3) is 3.18. The minimum absolute atomic E-state index is 0.238. The third-order valence-corrected chi connectivity index (χ3v) is 6.80. The number of aliphatic carboxylic acids is 1. The normalized spacial score (nSPS) is 15.2. The van der Waals surface area contributed by atoms with Crippen LogP contribution < -0.4 is 0 Å². The highest BCUT2D eigenvalue weighted by Gasteiger charge is 2.27. The highest BCUT2D eigenvalue weighted by Crippen LogP contribution is 2.42. The Labute approximate surface area is 179 Å². The Morgan fingerprint density at radius 3 is 2.61 bits per heavy atom. The summed E-state index contributed by atoms with van der Waals surface area (Å²) in [5.74, 6) is -1.39. The van der Waals surface area contributed by atoms with Gasteiger partial charge in [-0.1, -0.05) is 12.1 Å². The van der Waals surface area contributed by atoms with E-state index in [2.05, 4.69) is 4.98 Å². The number of benzene rings is 2. The lowest BCUT2D eigenvalue weighted by Crippen LogP contribution is -2.10. The van der Waals surface area contributed by atoms with E-state index in [-0.39, 0.29) is 6.54 Å². The van der Waals surface area contributed by atoms with Crippen molar-refractivity contribution >= 4 is 33.2 Å². The van der Waals surface area contributed by atoms with E-state index in [0.29, 0.717) is 27.1 Å². The first-order valence-electron chi connectivity index (χ1n) is 9.62. The fraction of sp³-hybridized carbons (Fsp3) is 0.0833. The van der Waals surface area contributed by atoms with Crippen LogP contribution in [0.4, 0.5) is 4.39 Å². The maximum absolute atomic E-state index is 14.1. The minimum Gasteiger partial charge on any atom is -0.480 e. The van der Waals surface area contributed by atoms with E-state index >= 15 is 0 Å². The van der Waals surface area contributed by atoms with Gasteiger partial charge in [-0.15, -0.1) is 0 Å². The van der Waals surface area contributed by atoms with Crippen LogP contribution in [0.25, 0.3) is 27.6 Å². The molecule has 31 heavy (non-hydrogen) atoms. The topological polar surface area (TPSA) is 72.2 Å². The van der Waals surface area contributed by atoms with Crippen molar-refractivity contribution in [2.75, 3.05) is 0 Å². The molecular weight excluding hydrogens is 415 g/mol. The molecule has 2 aromatic carbocycles. The van der Waals surface area contributed by atoms with Crippen molar-refractivity contribution in [1.29, 1.82) is 0 Å². The molecule has 3 heterocycles. The standard InChI is InChI=1S/C24H17FN2O3S/c1-14-24(19-11-17(25)3-5-21(19)27(14)12-23(28)29)20-13-31(30)22-10-16(2-4-18(20)22)15-6-8-26-9-7-15/h2-11,13H,12H2,1H3,(H,28,29). The molecule has 4 aromatic rings. The van der Waals surface area contributed by atoms with E-state index in [1.165, 1.54) is 12.1 Å². The van der Waals surface area contributed by atoms with Crippen molar-refractivity contribution in [1.82, 2.24) is 9.55 Å². The second kappa shape index (κ2) is 7.28. The number of carbonyl (C=O) groups is 1. The maximum atomic E-state index is 14.1. The molecule has 5 rings (SSSR count). The number of pyridine rings is 1. The molecule has 1 unspecified atom stereocenters. The van der Waals surface area contributed by atoms with Crippen molar-refractivity contribution in [3.63, 3.8) is 0 Å². The van der Waals surface area contributed by atoms with E-state index in [9.17, 15) is 18.5 Å².